The molecule has 2 rings (SSSR count). The first-order chi connectivity index (χ1) is 11.5. The van der Waals surface area contributed by atoms with E-state index in [1.54, 1.807) is 18.2 Å². The summed E-state index contributed by atoms with van der Waals surface area (Å²) in [7, 11) is 3.01. The van der Waals surface area contributed by atoms with Crippen LogP contribution in [-0.4, -0.2) is 29.1 Å². The fraction of sp³-hybridized carbons (Fsp3) is 0.214. The second-order valence-electron chi connectivity index (χ2n) is 4.61. The predicted octanol–water partition coefficient (Wildman–Crippen LogP) is 2.53. The molecule has 0 spiro atoms. The van der Waals surface area contributed by atoms with Gasteiger partial charge in [0.05, 0.1) is 30.1 Å². The van der Waals surface area contributed by atoms with Crippen molar-refractivity contribution in [3.8, 4) is 11.5 Å². The van der Waals surface area contributed by atoms with Gasteiger partial charge in [0, 0.05) is 12.1 Å². The number of anilines is 1. The molecular formula is C14H14N4O6. The average Bonchev–Trinajstić information content (AvgIpc) is 2.59. The topological polar surface area (TPSA) is 130 Å². The smallest absolute Gasteiger partial charge is 0.318 e. The molecule has 0 aliphatic carbocycles. The van der Waals surface area contributed by atoms with Crippen LogP contribution in [0.25, 0.3) is 0 Å². The van der Waals surface area contributed by atoms with Crippen LogP contribution >= 0.6 is 0 Å². The Balaban J connectivity index is 2.29. The monoisotopic (exact) mass is 334 g/mol. The third kappa shape index (κ3) is 3.66. The molecule has 10 heteroatoms. The number of methoxy groups -OCH3 is 2. The minimum absolute atomic E-state index is 0.0736. The van der Waals surface area contributed by atoms with Crippen LogP contribution < -0.4 is 14.8 Å². The molecule has 0 fully saturated rings. The van der Waals surface area contributed by atoms with E-state index in [-0.39, 0.29) is 12.4 Å². The molecule has 0 aliphatic rings. The van der Waals surface area contributed by atoms with Gasteiger partial charge in [-0.25, -0.2) is 4.98 Å². The standard InChI is InChI=1S/C14H14N4O6/c1-23-11-3-4-13(24-2)9(5-11)7-15-14-12(18(21)22)6-10(8-16-14)17(19)20/h3-6,8H,7H2,1-2H3,(H,15,16). The number of pyridine rings is 1. The van der Waals surface area contributed by atoms with E-state index in [1.807, 2.05) is 0 Å². The predicted molar refractivity (Wildman–Crippen MR) is 84.4 cm³/mol. The molecule has 1 aromatic carbocycles. The zero-order chi connectivity index (χ0) is 17.7. The highest BCUT2D eigenvalue weighted by atomic mass is 16.6. The van der Waals surface area contributed by atoms with E-state index in [9.17, 15) is 20.2 Å². The number of hydrogen-bond acceptors (Lipinski definition) is 8. The highest BCUT2D eigenvalue weighted by molar-refractivity contribution is 5.60. The quantitative estimate of drug-likeness (QED) is 0.604. The average molecular weight is 334 g/mol. The van der Waals surface area contributed by atoms with Crippen LogP contribution in [0.1, 0.15) is 5.56 Å². The molecule has 126 valence electrons. The third-order valence-electron chi connectivity index (χ3n) is 3.19. The van der Waals surface area contributed by atoms with Gasteiger partial charge in [0.2, 0.25) is 5.82 Å². The van der Waals surface area contributed by atoms with Gasteiger partial charge in [-0.2, -0.15) is 0 Å². The largest absolute Gasteiger partial charge is 0.497 e. The Labute approximate surface area is 136 Å². The zero-order valence-electron chi connectivity index (χ0n) is 12.9. The fourth-order valence-corrected chi connectivity index (χ4v) is 2.02. The molecule has 10 nitrogen and oxygen atoms in total. The van der Waals surface area contributed by atoms with Gasteiger partial charge >= 0.3 is 5.69 Å². The van der Waals surface area contributed by atoms with Crippen molar-refractivity contribution in [2.75, 3.05) is 19.5 Å². The fourth-order valence-electron chi connectivity index (χ4n) is 2.02. The molecule has 1 N–H and O–H groups in total. The van der Waals surface area contributed by atoms with Gasteiger partial charge in [0.25, 0.3) is 5.69 Å². The van der Waals surface area contributed by atoms with Crippen LogP contribution in [0.2, 0.25) is 0 Å². The number of aromatic nitrogens is 1. The highest BCUT2D eigenvalue weighted by Gasteiger charge is 2.21. The molecule has 1 heterocycles. The number of nitrogens with zero attached hydrogens (tertiary/aromatic N) is 3. The van der Waals surface area contributed by atoms with Crippen LogP contribution in [0.5, 0.6) is 11.5 Å². The van der Waals surface area contributed by atoms with E-state index in [2.05, 4.69) is 10.3 Å². The van der Waals surface area contributed by atoms with E-state index in [0.29, 0.717) is 17.1 Å². The summed E-state index contributed by atoms with van der Waals surface area (Å²) >= 11 is 0. The lowest BCUT2D eigenvalue weighted by atomic mass is 10.2. The molecule has 0 saturated heterocycles. The molecule has 2 aromatic rings. The van der Waals surface area contributed by atoms with Gasteiger partial charge in [-0.15, -0.1) is 0 Å². The molecule has 0 saturated carbocycles. The first kappa shape index (κ1) is 16.9. The second kappa shape index (κ2) is 7.22. The second-order valence-corrected chi connectivity index (χ2v) is 4.61. The maximum absolute atomic E-state index is 11.1. The van der Waals surface area contributed by atoms with Crippen LogP contribution in [0, 0.1) is 20.2 Å². The summed E-state index contributed by atoms with van der Waals surface area (Å²) in [5.74, 6) is 1.09. The van der Waals surface area contributed by atoms with Crippen LogP contribution in [-0.2, 0) is 6.54 Å². The third-order valence-corrected chi connectivity index (χ3v) is 3.19. The van der Waals surface area contributed by atoms with E-state index in [0.717, 1.165) is 12.3 Å². The van der Waals surface area contributed by atoms with E-state index in [4.69, 9.17) is 9.47 Å². The maximum Gasteiger partial charge on any atom is 0.318 e. The van der Waals surface area contributed by atoms with E-state index < -0.39 is 21.2 Å². The Morgan fingerprint density at radius 2 is 1.88 bits per heavy atom. The first-order valence-electron chi connectivity index (χ1n) is 6.70. The van der Waals surface area contributed by atoms with Crippen molar-refractivity contribution in [3.63, 3.8) is 0 Å². The van der Waals surface area contributed by atoms with Crippen molar-refractivity contribution in [1.29, 1.82) is 0 Å². The summed E-state index contributed by atoms with van der Waals surface area (Å²) in [5, 5.41) is 24.6. The van der Waals surface area contributed by atoms with Gasteiger partial charge in [-0.3, -0.25) is 20.2 Å². The number of nitrogens with one attached hydrogen (secondary N) is 1. The van der Waals surface area contributed by atoms with Gasteiger partial charge in [-0.05, 0) is 18.2 Å². The molecule has 1 aromatic heterocycles. The van der Waals surface area contributed by atoms with Crippen molar-refractivity contribution in [1.82, 2.24) is 4.98 Å². The van der Waals surface area contributed by atoms with Gasteiger partial charge < -0.3 is 14.8 Å². The van der Waals surface area contributed by atoms with Gasteiger partial charge in [-0.1, -0.05) is 0 Å². The van der Waals surface area contributed by atoms with Crippen molar-refractivity contribution in [2.24, 2.45) is 0 Å². The molecule has 0 unspecified atom stereocenters. The molecule has 0 radical (unpaired) electrons. The minimum Gasteiger partial charge on any atom is -0.497 e. The van der Waals surface area contributed by atoms with E-state index in [1.165, 1.54) is 14.2 Å². The maximum atomic E-state index is 11.1. The number of hydrogen-bond donors (Lipinski definition) is 1. The SMILES string of the molecule is COc1ccc(OC)c(CNc2ncc([N+](=O)[O-])cc2[N+](=O)[O-])c1. The number of rotatable bonds is 7. The summed E-state index contributed by atoms with van der Waals surface area (Å²) in [6.07, 6.45) is 0.956. The van der Waals surface area contributed by atoms with Crippen molar-refractivity contribution >= 4 is 17.2 Å². The zero-order valence-corrected chi connectivity index (χ0v) is 12.9. The molecule has 0 aliphatic heterocycles. The molecular weight excluding hydrogens is 320 g/mol. The minimum atomic E-state index is -0.741. The Kier molecular flexibility index (Phi) is 5.09. The first-order valence-corrected chi connectivity index (χ1v) is 6.70. The summed E-state index contributed by atoms with van der Waals surface area (Å²) in [5.41, 5.74) is -0.247. The number of ether oxygens (including phenoxy) is 2. The van der Waals surface area contributed by atoms with Crippen LogP contribution in [0.4, 0.5) is 17.2 Å². The Hall–Kier alpha value is -3.43. The van der Waals surface area contributed by atoms with Crippen molar-refractivity contribution < 1.29 is 19.3 Å². The van der Waals surface area contributed by atoms with Gasteiger partial charge in [0.15, 0.2) is 0 Å². The lowest BCUT2D eigenvalue weighted by Crippen LogP contribution is -2.06. The Morgan fingerprint density at radius 3 is 2.46 bits per heavy atom. The Bertz CT molecular complexity index is 780. The lowest BCUT2D eigenvalue weighted by Gasteiger charge is -2.11. The van der Waals surface area contributed by atoms with Gasteiger partial charge in [0.1, 0.15) is 17.7 Å². The highest BCUT2D eigenvalue weighted by Crippen LogP contribution is 2.29. The number of benzene rings is 1. The molecule has 0 atom stereocenters. The summed E-state index contributed by atoms with van der Waals surface area (Å²) < 4.78 is 10.4. The van der Waals surface area contributed by atoms with E-state index >= 15 is 0 Å². The number of nitro groups is 2. The molecule has 24 heavy (non-hydrogen) atoms. The van der Waals surface area contributed by atoms with Crippen LogP contribution in [0.15, 0.2) is 30.5 Å². The van der Waals surface area contributed by atoms with Crippen molar-refractivity contribution in [3.05, 3.63) is 56.3 Å². The lowest BCUT2D eigenvalue weighted by molar-refractivity contribution is -0.394. The normalized spacial score (nSPS) is 10.1. The summed E-state index contributed by atoms with van der Waals surface area (Å²) in [4.78, 5) is 24.1. The molecule has 0 amide bonds. The Morgan fingerprint density at radius 1 is 1.12 bits per heavy atom. The summed E-state index contributed by atoms with van der Waals surface area (Å²) in [6, 6.07) is 5.99. The van der Waals surface area contributed by atoms with Crippen molar-refractivity contribution in [2.45, 2.75) is 6.54 Å². The molecule has 0 bridgehead atoms. The van der Waals surface area contributed by atoms with Crippen LogP contribution in [0.3, 0.4) is 0 Å². The summed E-state index contributed by atoms with van der Waals surface area (Å²) in [6.45, 7) is 0.159.